The van der Waals surface area contributed by atoms with Crippen molar-refractivity contribution in [2.24, 2.45) is 0 Å². The summed E-state index contributed by atoms with van der Waals surface area (Å²) < 4.78 is 71.1. The van der Waals surface area contributed by atoms with Gasteiger partial charge in [0.05, 0.1) is 13.2 Å². The average molecular weight is 529 g/mol. The molecule has 21 heteroatoms. The van der Waals surface area contributed by atoms with Gasteiger partial charge in [0.1, 0.15) is 17.5 Å². The molecule has 1 aliphatic heterocycles. The van der Waals surface area contributed by atoms with E-state index in [1.54, 1.807) is 0 Å². The summed E-state index contributed by atoms with van der Waals surface area (Å²) in [5.74, 6) is -0.184. The summed E-state index contributed by atoms with van der Waals surface area (Å²) in [6.45, 7) is -1.90. The topological polar surface area (TPSA) is 259 Å². The lowest BCUT2D eigenvalue weighted by molar-refractivity contribution is -0.154. The second kappa shape index (κ2) is 9.64. The van der Waals surface area contributed by atoms with Crippen LogP contribution < -0.4 is 11.4 Å². The van der Waals surface area contributed by atoms with Crippen LogP contribution in [0.25, 0.3) is 0 Å². The summed E-state index contributed by atoms with van der Waals surface area (Å²) >= 11 is 0. The smallest absolute Gasteiger partial charge is 0.387 e. The third kappa shape index (κ3) is 6.71. The molecule has 6 atom stereocenters. The fraction of sp³-hybridized carbons (Fsp3) is 0.636. The molecule has 1 aromatic heterocycles. The number of methoxy groups -OCH3 is 1. The Bertz CT molecular complexity index is 1030. The number of hydrogen-bond acceptors (Lipinski definition) is 12. The van der Waals surface area contributed by atoms with Crippen molar-refractivity contribution in [2.45, 2.75) is 24.1 Å². The maximum absolute atomic E-state index is 14.8. The van der Waals surface area contributed by atoms with Crippen molar-refractivity contribution in [3.05, 3.63) is 22.7 Å². The molecule has 0 spiro atoms. The molecule has 1 aliphatic rings. The number of aliphatic hydroxyl groups excluding tert-OH is 1. The molecule has 0 aliphatic carbocycles. The third-order valence-corrected chi connectivity index (χ3v) is 7.65. The van der Waals surface area contributed by atoms with Crippen LogP contribution in [0.15, 0.2) is 17.1 Å². The van der Waals surface area contributed by atoms with Crippen LogP contribution in [0.1, 0.15) is 6.23 Å². The largest absolute Gasteiger partial charge is 0.490 e. The van der Waals surface area contributed by atoms with Gasteiger partial charge in [0, 0.05) is 13.3 Å². The standard InChI is InChI=1S/C11H19FN3O14P3/c1-25-4-11(5-26-31(21,22)29-32(23,24)28-30(18,19)20)8(16)7(12)9(27-11)15-3-2-6(13)14-10(15)17/h2-3,7-9,16H,4-5H2,1H3,(H,21,22)(H,23,24)(H2,13,14,17)(H2,18,19,20)/t7-,8+,9-,11-/m1/s1. The van der Waals surface area contributed by atoms with Crippen LogP contribution in [0, 0.1) is 0 Å². The fourth-order valence-corrected chi connectivity index (χ4v) is 5.75. The number of anilines is 1. The van der Waals surface area contributed by atoms with E-state index in [1.165, 1.54) is 0 Å². The van der Waals surface area contributed by atoms with E-state index in [1.807, 2.05) is 0 Å². The quantitative estimate of drug-likeness (QED) is 0.194. The molecule has 0 amide bonds. The first-order valence-electron chi connectivity index (χ1n) is 8.13. The van der Waals surface area contributed by atoms with Gasteiger partial charge >= 0.3 is 29.2 Å². The highest BCUT2D eigenvalue weighted by molar-refractivity contribution is 7.66. The highest BCUT2D eigenvalue weighted by Gasteiger charge is 2.57. The minimum atomic E-state index is -5.81. The number of nitrogens with zero attached hydrogens (tertiary/aromatic N) is 2. The van der Waals surface area contributed by atoms with Gasteiger partial charge in [-0.2, -0.15) is 13.6 Å². The predicted molar refractivity (Wildman–Crippen MR) is 98.4 cm³/mol. The van der Waals surface area contributed by atoms with E-state index in [0.717, 1.165) is 19.4 Å². The zero-order valence-corrected chi connectivity index (χ0v) is 18.6. The Morgan fingerprint density at radius 1 is 1.22 bits per heavy atom. The Morgan fingerprint density at radius 3 is 2.38 bits per heavy atom. The van der Waals surface area contributed by atoms with Gasteiger partial charge in [-0.25, -0.2) is 22.9 Å². The van der Waals surface area contributed by atoms with Crippen LogP contribution in [0.4, 0.5) is 10.2 Å². The molecule has 0 bridgehead atoms. The second-order valence-electron chi connectivity index (χ2n) is 6.30. The molecule has 184 valence electrons. The second-order valence-corrected chi connectivity index (χ2v) is 10.7. The number of phosphoric ester groups is 1. The number of hydrogen-bond donors (Lipinski definition) is 6. The predicted octanol–water partition coefficient (Wildman–Crippen LogP) is -1.22. The van der Waals surface area contributed by atoms with Crippen LogP contribution in [-0.4, -0.2) is 72.4 Å². The molecule has 2 rings (SSSR count). The van der Waals surface area contributed by atoms with Crippen molar-refractivity contribution >= 4 is 29.3 Å². The van der Waals surface area contributed by atoms with Crippen molar-refractivity contribution in [1.82, 2.24) is 9.55 Å². The van der Waals surface area contributed by atoms with Gasteiger partial charge in [0.15, 0.2) is 12.4 Å². The van der Waals surface area contributed by atoms with E-state index in [9.17, 15) is 32.9 Å². The van der Waals surface area contributed by atoms with Crippen molar-refractivity contribution in [2.75, 3.05) is 26.1 Å². The number of aromatic nitrogens is 2. The molecule has 17 nitrogen and oxygen atoms in total. The Hall–Kier alpha value is -1.10. The lowest BCUT2D eigenvalue weighted by atomic mass is 9.98. The number of aliphatic hydroxyl groups is 1. The van der Waals surface area contributed by atoms with Crippen LogP contribution in [0.5, 0.6) is 0 Å². The third-order valence-electron chi connectivity index (χ3n) is 3.87. The molecule has 1 fully saturated rings. The molecular weight excluding hydrogens is 510 g/mol. The molecule has 0 aromatic carbocycles. The summed E-state index contributed by atoms with van der Waals surface area (Å²) in [5, 5.41) is 10.3. The SMILES string of the molecule is COC[C@]1(COP(=O)(O)OP(=O)(O)OP(=O)(O)O)O[C@@H](n2ccc(N)nc2=O)[C@H](F)[C@@H]1O. The first-order chi connectivity index (χ1) is 14.5. The van der Waals surface area contributed by atoms with Gasteiger partial charge in [-0.15, -0.1) is 0 Å². The minimum absolute atomic E-state index is 0.184. The van der Waals surface area contributed by atoms with Gasteiger partial charge in [0.25, 0.3) is 0 Å². The Labute approximate surface area is 177 Å². The highest BCUT2D eigenvalue weighted by Crippen LogP contribution is 2.66. The molecule has 1 aromatic rings. The molecule has 1 saturated heterocycles. The minimum Gasteiger partial charge on any atom is -0.387 e. The van der Waals surface area contributed by atoms with Crippen LogP contribution in [-0.2, 0) is 36.3 Å². The number of nitrogen functional groups attached to an aromatic ring is 1. The van der Waals surface area contributed by atoms with Crippen molar-refractivity contribution < 1.29 is 65.4 Å². The molecule has 2 heterocycles. The molecule has 7 N–H and O–H groups in total. The molecule has 0 saturated carbocycles. The summed E-state index contributed by atoms with van der Waals surface area (Å²) in [4.78, 5) is 51.2. The summed E-state index contributed by atoms with van der Waals surface area (Å²) in [6, 6.07) is 1.13. The molecule has 0 radical (unpaired) electrons. The van der Waals surface area contributed by atoms with Crippen molar-refractivity contribution in [1.29, 1.82) is 0 Å². The first-order valence-corrected chi connectivity index (χ1v) is 12.6. The normalized spacial score (nSPS) is 30.0. The Kier molecular flexibility index (Phi) is 8.18. The summed E-state index contributed by atoms with van der Waals surface area (Å²) in [5.41, 5.74) is 2.04. The van der Waals surface area contributed by atoms with Gasteiger partial charge in [-0.1, -0.05) is 0 Å². The zero-order chi connectivity index (χ0) is 24.5. The number of rotatable bonds is 10. The van der Waals surface area contributed by atoms with Gasteiger partial charge in [0.2, 0.25) is 0 Å². The highest BCUT2D eigenvalue weighted by atomic mass is 31.3. The van der Waals surface area contributed by atoms with Gasteiger partial charge in [-0.3, -0.25) is 9.09 Å². The van der Waals surface area contributed by atoms with Gasteiger partial charge in [-0.05, 0) is 6.07 Å². The maximum atomic E-state index is 14.8. The summed E-state index contributed by atoms with van der Waals surface area (Å²) in [7, 11) is -16.0. The molecule has 32 heavy (non-hydrogen) atoms. The van der Waals surface area contributed by atoms with E-state index < -0.39 is 66.5 Å². The number of ether oxygens (including phenoxy) is 2. The Morgan fingerprint density at radius 2 is 1.84 bits per heavy atom. The van der Waals surface area contributed by atoms with Crippen LogP contribution in [0.3, 0.4) is 0 Å². The average Bonchev–Trinajstić information content (AvgIpc) is 2.83. The lowest BCUT2D eigenvalue weighted by Crippen LogP contribution is -2.49. The number of halogens is 1. The monoisotopic (exact) mass is 529 g/mol. The maximum Gasteiger partial charge on any atom is 0.490 e. The van der Waals surface area contributed by atoms with E-state index in [4.69, 9.17) is 29.9 Å². The van der Waals surface area contributed by atoms with Crippen LogP contribution in [0.2, 0.25) is 0 Å². The van der Waals surface area contributed by atoms with E-state index >= 15 is 0 Å². The fourth-order valence-electron chi connectivity index (χ4n) is 2.67. The van der Waals surface area contributed by atoms with Crippen molar-refractivity contribution in [3.8, 4) is 0 Å². The number of alkyl halides is 1. The van der Waals surface area contributed by atoms with Gasteiger partial charge < -0.3 is 39.9 Å². The van der Waals surface area contributed by atoms with E-state index in [2.05, 4.69) is 18.1 Å². The van der Waals surface area contributed by atoms with E-state index in [-0.39, 0.29) is 5.82 Å². The number of nitrogens with two attached hydrogens (primary N) is 1. The van der Waals surface area contributed by atoms with Crippen molar-refractivity contribution in [3.63, 3.8) is 0 Å². The van der Waals surface area contributed by atoms with E-state index in [0.29, 0.717) is 4.57 Å². The zero-order valence-electron chi connectivity index (χ0n) is 15.9. The number of phosphoric acid groups is 3. The first kappa shape index (κ1) is 27.1. The lowest BCUT2D eigenvalue weighted by Gasteiger charge is -2.31. The van der Waals surface area contributed by atoms with Crippen LogP contribution >= 0.6 is 23.5 Å². The Balaban J connectivity index is 2.24. The summed E-state index contributed by atoms with van der Waals surface area (Å²) in [6.07, 6.45) is -5.26. The molecule has 2 unspecified atom stereocenters. The molecular formula is C11H19FN3O14P3.